The summed E-state index contributed by atoms with van der Waals surface area (Å²) in [4.78, 5) is 11.9. The van der Waals surface area contributed by atoms with E-state index in [4.69, 9.17) is 0 Å². The maximum Gasteiger partial charge on any atom is 0.0556 e. The highest BCUT2D eigenvalue weighted by atomic mass is 15.3. The summed E-state index contributed by atoms with van der Waals surface area (Å²) in [7, 11) is 2.24. The molecule has 2 aliphatic heterocycles. The number of anilines is 1. The summed E-state index contributed by atoms with van der Waals surface area (Å²) in [6.45, 7) is 13.7. The number of hydrogen-bond donors (Lipinski definition) is 0. The van der Waals surface area contributed by atoms with E-state index in [2.05, 4.69) is 39.7 Å². The Morgan fingerprint density at radius 1 is 1.13 bits per heavy atom. The molecule has 0 saturated carbocycles. The molecule has 130 valence electrons. The molecule has 2 aliphatic rings. The minimum atomic E-state index is 0.578. The van der Waals surface area contributed by atoms with Gasteiger partial charge >= 0.3 is 0 Å². The molecule has 4 heteroatoms. The molecular formula is C19H34N4. The van der Waals surface area contributed by atoms with Gasteiger partial charge < -0.3 is 9.80 Å². The summed E-state index contributed by atoms with van der Waals surface area (Å²) in [5.41, 5.74) is 1.27. The van der Waals surface area contributed by atoms with Gasteiger partial charge in [-0.1, -0.05) is 13.8 Å². The van der Waals surface area contributed by atoms with E-state index in [9.17, 15) is 0 Å². The van der Waals surface area contributed by atoms with E-state index in [-0.39, 0.29) is 0 Å². The first-order valence-corrected chi connectivity index (χ1v) is 9.30. The molecule has 1 aromatic rings. The molecule has 0 spiro atoms. The second kappa shape index (κ2) is 9.24. The highest BCUT2D eigenvalue weighted by Crippen LogP contribution is 2.22. The summed E-state index contributed by atoms with van der Waals surface area (Å²) < 4.78 is 0. The maximum atomic E-state index is 4.25. The fourth-order valence-electron chi connectivity index (χ4n) is 3.72. The molecule has 23 heavy (non-hydrogen) atoms. The Morgan fingerprint density at radius 2 is 1.87 bits per heavy atom. The molecule has 0 amide bonds. The summed E-state index contributed by atoms with van der Waals surface area (Å²) in [6, 6.07) is 4.79. The van der Waals surface area contributed by atoms with Gasteiger partial charge in [-0.25, -0.2) is 0 Å². The van der Waals surface area contributed by atoms with Gasteiger partial charge in [0, 0.05) is 38.4 Å². The van der Waals surface area contributed by atoms with Gasteiger partial charge in [0.25, 0.3) is 0 Å². The normalized spacial score (nSPS) is 24.2. The van der Waals surface area contributed by atoms with Crippen molar-refractivity contribution in [3.8, 4) is 0 Å². The molecule has 1 atom stereocenters. The first kappa shape index (κ1) is 18.2. The van der Waals surface area contributed by atoms with E-state index in [0.29, 0.717) is 6.04 Å². The molecule has 0 radical (unpaired) electrons. The average molecular weight is 319 g/mol. The number of nitrogens with zero attached hydrogens (tertiary/aromatic N) is 4. The summed E-state index contributed by atoms with van der Waals surface area (Å²) in [5, 5.41) is 0. The molecule has 1 aromatic heterocycles. The predicted molar refractivity (Wildman–Crippen MR) is 99.1 cm³/mol. The second-order valence-electron chi connectivity index (χ2n) is 6.76. The van der Waals surface area contributed by atoms with E-state index in [1.54, 1.807) is 0 Å². The Hall–Kier alpha value is -1.13. The summed E-state index contributed by atoms with van der Waals surface area (Å²) in [5.74, 6) is 0.901. The van der Waals surface area contributed by atoms with Crippen LogP contribution in [0.15, 0.2) is 24.5 Å². The third kappa shape index (κ3) is 5.18. The van der Waals surface area contributed by atoms with Crippen molar-refractivity contribution < 1.29 is 0 Å². The number of aromatic nitrogens is 1. The standard InChI is InChI=1S/C17H28N4.C2H6/c1-15-13-20(14-16-5-8-19(2)9-6-16)10-11-21(15)17-4-3-7-18-12-17;1-2/h3-4,7,12,15-16H,5-6,8-11,13-14H2,1-2H3;1-2H3. The van der Waals surface area contributed by atoms with Gasteiger partial charge in [-0.15, -0.1) is 0 Å². The van der Waals surface area contributed by atoms with E-state index in [1.807, 2.05) is 32.3 Å². The number of pyridine rings is 1. The molecule has 4 nitrogen and oxygen atoms in total. The number of piperidine rings is 1. The number of likely N-dealkylation sites (tertiary alicyclic amines) is 1. The van der Waals surface area contributed by atoms with Gasteiger partial charge in [0.05, 0.1) is 11.9 Å². The number of hydrogen-bond acceptors (Lipinski definition) is 4. The first-order chi connectivity index (χ1) is 11.2. The lowest BCUT2D eigenvalue weighted by Gasteiger charge is -2.43. The van der Waals surface area contributed by atoms with Gasteiger partial charge in [-0.05, 0) is 58.0 Å². The van der Waals surface area contributed by atoms with Crippen LogP contribution in [0.3, 0.4) is 0 Å². The lowest BCUT2D eigenvalue weighted by molar-refractivity contribution is 0.146. The Morgan fingerprint density at radius 3 is 2.48 bits per heavy atom. The minimum Gasteiger partial charge on any atom is -0.365 e. The highest BCUT2D eigenvalue weighted by molar-refractivity contribution is 5.45. The SMILES string of the molecule is CC.CC1CN(CC2CCN(C)CC2)CCN1c1cccnc1. The van der Waals surface area contributed by atoms with Crippen molar-refractivity contribution in [1.29, 1.82) is 0 Å². The third-order valence-electron chi connectivity index (χ3n) is 5.04. The Kier molecular flexibility index (Phi) is 7.31. The van der Waals surface area contributed by atoms with Crippen LogP contribution in [0.1, 0.15) is 33.6 Å². The molecule has 0 N–H and O–H groups in total. The van der Waals surface area contributed by atoms with Crippen molar-refractivity contribution in [3.05, 3.63) is 24.5 Å². The van der Waals surface area contributed by atoms with Gasteiger partial charge in [-0.3, -0.25) is 9.88 Å². The molecule has 1 unspecified atom stereocenters. The zero-order valence-electron chi connectivity index (χ0n) is 15.4. The quantitative estimate of drug-likeness (QED) is 0.854. The Labute approximate surface area is 142 Å². The molecule has 0 aromatic carbocycles. The van der Waals surface area contributed by atoms with Crippen molar-refractivity contribution in [3.63, 3.8) is 0 Å². The summed E-state index contributed by atoms with van der Waals surface area (Å²) >= 11 is 0. The van der Waals surface area contributed by atoms with Crippen LogP contribution in [0, 0.1) is 5.92 Å². The van der Waals surface area contributed by atoms with Crippen LogP contribution in [0.5, 0.6) is 0 Å². The molecule has 3 rings (SSSR count). The smallest absolute Gasteiger partial charge is 0.0556 e. The van der Waals surface area contributed by atoms with E-state index in [1.165, 1.54) is 51.3 Å². The van der Waals surface area contributed by atoms with Gasteiger partial charge in [0.2, 0.25) is 0 Å². The average Bonchev–Trinajstić information content (AvgIpc) is 2.60. The van der Waals surface area contributed by atoms with Crippen LogP contribution < -0.4 is 4.90 Å². The molecule has 2 saturated heterocycles. The van der Waals surface area contributed by atoms with Crippen LogP contribution in [0.4, 0.5) is 5.69 Å². The maximum absolute atomic E-state index is 4.25. The van der Waals surface area contributed by atoms with Crippen LogP contribution >= 0.6 is 0 Å². The largest absolute Gasteiger partial charge is 0.365 e. The van der Waals surface area contributed by atoms with Crippen LogP contribution in [0.2, 0.25) is 0 Å². The van der Waals surface area contributed by atoms with E-state index >= 15 is 0 Å². The van der Waals surface area contributed by atoms with Crippen molar-refractivity contribution in [2.45, 2.75) is 39.7 Å². The van der Waals surface area contributed by atoms with Crippen molar-refractivity contribution in [1.82, 2.24) is 14.8 Å². The number of piperazine rings is 1. The summed E-state index contributed by atoms with van der Waals surface area (Å²) in [6.07, 6.45) is 6.58. The highest BCUT2D eigenvalue weighted by Gasteiger charge is 2.26. The molecule has 0 bridgehead atoms. The van der Waals surface area contributed by atoms with E-state index in [0.717, 1.165) is 12.5 Å². The second-order valence-corrected chi connectivity index (χ2v) is 6.76. The topological polar surface area (TPSA) is 22.6 Å². The van der Waals surface area contributed by atoms with Crippen LogP contribution in [-0.2, 0) is 0 Å². The molecule has 3 heterocycles. The zero-order chi connectivity index (χ0) is 16.7. The fourth-order valence-corrected chi connectivity index (χ4v) is 3.72. The van der Waals surface area contributed by atoms with Crippen molar-refractivity contribution in [2.75, 3.05) is 51.2 Å². The number of rotatable bonds is 3. The zero-order valence-corrected chi connectivity index (χ0v) is 15.4. The van der Waals surface area contributed by atoms with Gasteiger partial charge in [0.15, 0.2) is 0 Å². The van der Waals surface area contributed by atoms with Crippen molar-refractivity contribution >= 4 is 5.69 Å². The minimum absolute atomic E-state index is 0.578. The lowest BCUT2D eigenvalue weighted by atomic mass is 9.96. The fraction of sp³-hybridized carbons (Fsp3) is 0.737. The van der Waals surface area contributed by atoms with Gasteiger partial charge in [0.1, 0.15) is 0 Å². The predicted octanol–water partition coefficient (Wildman–Crippen LogP) is 2.96. The van der Waals surface area contributed by atoms with Gasteiger partial charge in [-0.2, -0.15) is 0 Å². The van der Waals surface area contributed by atoms with Crippen molar-refractivity contribution in [2.24, 2.45) is 5.92 Å². The first-order valence-electron chi connectivity index (χ1n) is 9.30. The molecular weight excluding hydrogens is 284 g/mol. The molecule has 0 aliphatic carbocycles. The Balaban J connectivity index is 0.000000924. The molecule has 2 fully saturated rings. The van der Waals surface area contributed by atoms with Crippen LogP contribution in [0.25, 0.3) is 0 Å². The Bertz CT molecular complexity index is 428. The third-order valence-corrected chi connectivity index (χ3v) is 5.04. The van der Waals surface area contributed by atoms with E-state index < -0.39 is 0 Å². The van der Waals surface area contributed by atoms with Crippen LogP contribution in [-0.4, -0.2) is 67.1 Å². The lowest BCUT2D eigenvalue weighted by Crippen LogP contribution is -2.53. The monoisotopic (exact) mass is 318 g/mol.